The molecular formula is C18H26ClN3O2. The van der Waals surface area contributed by atoms with Crippen molar-refractivity contribution in [2.24, 2.45) is 0 Å². The van der Waals surface area contributed by atoms with E-state index < -0.39 is 0 Å². The van der Waals surface area contributed by atoms with Crippen LogP contribution in [-0.4, -0.2) is 50.1 Å². The van der Waals surface area contributed by atoms with E-state index in [-0.39, 0.29) is 18.3 Å². The lowest BCUT2D eigenvalue weighted by Gasteiger charge is -2.27. The van der Waals surface area contributed by atoms with Crippen LogP contribution in [0.2, 0.25) is 0 Å². The Kier molecular flexibility index (Phi) is 6.66. The minimum Gasteiger partial charge on any atom is -0.464 e. The lowest BCUT2D eigenvalue weighted by molar-refractivity contribution is -0.120. The molecule has 0 spiro atoms. The van der Waals surface area contributed by atoms with Gasteiger partial charge in [-0.2, -0.15) is 0 Å². The number of furan rings is 1. The zero-order valence-electron chi connectivity index (χ0n) is 14.4. The molecule has 1 saturated heterocycles. The molecule has 132 valence electrons. The zero-order chi connectivity index (χ0) is 16.2. The van der Waals surface area contributed by atoms with Crippen LogP contribution < -0.4 is 10.6 Å². The van der Waals surface area contributed by atoms with Crippen molar-refractivity contribution in [3.63, 3.8) is 0 Å². The number of aryl methyl sites for hydroxylation is 2. The summed E-state index contributed by atoms with van der Waals surface area (Å²) in [6.45, 7) is 9.92. The third-order valence-electron chi connectivity index (χ3n) is 4.65. The van der Waals surface area contributed by atoms with Crippen LogP contribution in [0.5, 0.6) is 0 Å². The van der Waals surface area contributed by atoms with Gasteiger partial charge in [0.2, 0.25) is 5.91 Å². The lowest BCUT2D eigenvalue weighted by atomic mass is 10.0. The van der Waals surface area contributed by atoms with Gasteiger partial charge in [-0.25, -0.2) is 0 Å². The number of halogens is 1. The van der Waals surface area contributed by atoms with E-state index in [1.807, 2.05) is 6.07 Å². The van der Waals surface area contributed by atoms with Crippen molar-refractivity contribution < 1.29 is 9.21 Å². The quantitative estimate of drug-likeness (QED) is 0.865. The number of carbonyl (C=O) groups is 1. The van der Waals surface area contributed by atoms with Gasteiger partial charge in [-0.3, -0.25) is 9.69 Å². The number of rotatable bonds is 5. The third-order valence-corrected chi connectivity index (χ3v) is 4.65. The zero-order valence-corrected chi connectivity index (χ0v) is 15.2. The smallest absolute Gasteiger partial charge is 0.224 e. The highest BCUT2D eigenvalue weighted by Crippen LogP contribution is 2.26. The van der Waals surface area contributed by atoms with Gasteiger partial charge in [-0.1, -0.05) is 12.1 Å². The van der Waals surface area contributed by atoms with Crippen LogP contribution in [0.3, 0.4) is 0 Å². The van der Waals surface area contributed by atoms with Crippen LogP contribution in [0.4, 0.5) is 0 Å². The van der Waals surface area contributed by atoms with Crippen molar-refractivity contribution in [1.29, 1.82) is 0 Å². The summed E-state index contributed by atoms with van der Waals surface area (Å²) in [5, 5.41) is 7.39. The van der Waals surface area contributed by atoms with E-state index in [0.29, 0.717) is 13.0 Å². The fourth-order valence-electron chi connectivity index (χ4n) is 3.05. The number of hydrogen-bond acceptors (Lipinski definition) is 4. The summed E-state index contributed by atoms with van der Waals surface area (Å²) in [6.07, 6.45) is 2.09. The van der Waals surface area contributed by atoms with Crippen LogP contribution in [0.1, 0.15) is 16.7 Å². The summed E-state index contributed by atoms with van der Waals surface area (Å²) in [7, 11) is 0. The number of carbonyl (C=O) groups excluding carboxylic acids is 1. The molecule has 1 amide bonds. The van der Waals surface area contributed by atoms with Crippen LogP contribution in [0, 0.1) is 13.8 Å². The normalized spacial score (nSPS) is 15.2. The highest BCUT2D eigenvalue weighted by molar-refractivity contribution is 5.89. The number of fused-ring (bicyclic) bond motifs is 1. The van der Waals surface area contributed by atoms with E-state index in [9.17, 15) is 4.79 Å². The Labute approximate surface area is 149 Å². The van der Waals surface area contributed by atoms with Crippen LogP contribution in [0.25, 0.3) is 11.0 Å². The summed E-state index contributed by atoms with van der Waals surface area (Å²) in [4.78, 5) is 14.5. The summed E-state index contributed by atoms with van der Waals surface area (Å²) in [5.41, 5.74) is 4.21. The highest BCUT2D eigenvalue weighted by Gasteiger charge is 2.13. The number of piperazine rings is 1. The highest BCUT2D eigenvalue weighted by atomic mass is 35.5. The van der Waals surface area contributed by atoms with Gasteiger partial charge in [0.05, 0.1) is 12.7 Å². The first-order chi connectivity index (χ1) is 11.1. The molecule has 2 heterocycles. The molecule has 24 heavy (non-hydrogen) atoms. The average Bonchev–Trinajstić information content (AvgIpc) is 2.95. The molecule has 6 heteroatoms. The largest absolute Gasteiger partial charge is 0.464 e. The maximum Gasteiger partial charge on any atom is 0.224 e. The van der Waals surface area contributed by atoms with E-state index in [1.165, 1.54) is 5.56 Å². The monoisotopic (exact) mass is 351 g/mol. The van der Waals surface area contributed by atoms with Gasteiger partial charge in [0, 0.05) is 50.2 Å². The predicted octanol–water partition coefficient (Wildman–Crippen LogP) is 2.04. The molecule has 1 aliphatic rings. The molecule has 1 aromatic heterocycles. The first kappa shape index (κ1) is 18.8. The van der Waals surface area contributed by atoms with Crippen molar-refractivity contribution in [1.82, 2.24) is 15.5 Å². The fraction of sp³-hybridized carbons (Fsp3) is 0.500. The topological polar surface area (TPSA) is 57.5 Å². The number of amides is 1. The summed E-state index contributed by atoms with van der Waals surface area (Å²) < 4.78 is 5.67. The van der Waals surface area contributed by atoms with Crippen molar-refractivity contribution in [3.05, 3.63) is 35.1 Å². The number of nitrogens with zero attached hydrogens (tertiary/aromatic N) is 1. The minimum absolute atomic E-state index is 0. The Morgan fingerprint density at radius 3 is 2.79 bits per heavy atom. The SMILES string of the molecule is Cc1ccc2c(CC(=O)NCCN3CCNCC3)coc2c1C.Cl. The minimum atomic E-state index is 0. The molecule has 0 unspecified atom stereocenters. The van der Waals surface area contributed by atoms with Crippen LogP contribution in [-0.2, 0) is 11.2 Å². The molecule has 1 aromatic carbocycles. The van der Waals surface area contributed by atoms with E-state index in [0.717, 1.165) is 54.8 Å². The molecule has 1 aliphatic heterocycles. The Hall–Kier alpha value is -1.56. The van der Waals surface area contributed by atoms with Gasteiger partial charge < -0.3 is 15.1 Å². The van der Waals surface area contributed by atoms with Gasteiger partial charge in [-0.05, 0) is 25.0 Å². The molecule has 0 radical (unpaired) electrons. The average molecular weight is 352 g/mol. The molecule has 0 atom stereocenters. The fourth-order valence-corrected chi connectivity index (χ4v) is 3.05. The van der Waals surface area contributed by atoms with Crippen molar-refractivity contribution >= 4 is 29.3 Å². The van der Waals surface area contributed by atoms with E-state index in [4.69, 9.17) is 4.42 Å². The molecule has 0 saturated carbocycles. The maximum atomic E-state index is 12.2. The van der Waals surface area contributed by atoms with Gasteiger partial charge in [0.25, 0.3) is 0 Å². The third kappa shape index (κ3) is 4.29. The standard InChI is InChI=1S/C18H25N3O2.ClH/c1-13-3-4-16-15(12-23-18(16)14(13)2)11-17(22)20-7-10-21-8-5-19-6-9-21;/h3-4,12,19H,5-11H2,1-2H3,(H,20,22);1H. The molecular weight excluding hydrogens is 326 g/mol. The molecule has 2 aromatic rings. The van der Waals surface area contributed by atoms with Crippen molar-refractivity contribution in [2.75, 3.05) is 39.3 Å². The second-order valence-electron chi connectivity index (χ2n) is 6.26. The Morgan fingerprint density at radius 1 is 1.29 bits per heavy atom. The van der Waals surface area contributed by atoms with Gasteiger partial charge in [0.1, 0.15) is 5.58 Å². The van der Waals surface area contributed by atoms with Gasteiger partial charge >= 0.3 is 0 Å². The van der Waals surface area contributed by atoms with Crippen molar-refractivity contribution in [2.45, 2.75) is 20.3 Å². The van der Waals surface area contributed by atoms with Gasteiger partial charge in [0.15, 0.2) is 0 Å². The van der Waals surface area contributed by atoms with E-state index in [2.05, 4.69) is 35.4 Å². The Bertz CT molecular complexity index is 693. The predicted molar refractivity (Wildman–Crippen MR) is 99.0 cm³/mol. The molecule has 3 rings (SSSR count). The number of nitrogens with one attached hydrogen (secondary N) is 2. The van der Waals surface area contributed by atoms with Gasteiger partial charge in [-0.15, -0.1) is 12.4 Å². The Balaban J connectivity index is 0.00000208. The first-order valence-corrected chi connectivity index (χ1v) is 8.31. The van der Waals surface area contributed by atoms with Crippen LogP contribution >= 0.6 is 12.4 Å². The molecule has 0 bridgehead atoms. The number of benzene rings is 1. The molecule has 5 nitrogen and oxygen atoms in total. The maximum absolute atomic E-state index is 12.2. The molecule has 1 fully saturated rings. The second-order valence-corrected chi connectivity index (χ2v) is 6.26. The summed E-state index contributed by atoms with van der Waals surface area (Å²) in [5.74, 6) is 0.0565. The Morgan fingerprint density at radius 2 is 2.04 bits per heavy atom. The summed E-state index contributed by atoms with van der Waals surface area (Å²) in [6, 6.07) is 4.13. The molecule has 2 N–H and O–H groups in total. The summed E-state index contributed by atoms with van der Waals surface area (Å²) >= 11 is 0. The van der Waals surface area contributed by atoms with E-state index in [1.54, 1.807) is 6.26 Å². The molecule has 0 aliphatic carbocycles. The van der Waals surface area contributed by atoms with E-state index >= 15 is 0 Å². The second kappa shape index (κ2) is 8.51. The van der Waals surface area contributed by atoms with Crippen LogP contribution in [0.15, 0.2) is 22.8 Å². The lowest BCUT2D eigenvalue weighted by Crippen LogP contribution is -2.46. The number of hydrogen-bond donors (Lipinski definition) is 2. The van der Waals surface area contributed by atoms with Crippen molar-refractivity contribution in [3.8, 4) is 0 Å². The first-order valence-electron chi connectivity index (χ1n) is 8.31.